The minimum absolute atomic E-state index is 0.254. The van der Waals surface area contributed by atoms with E-state index >= 15 is 0 Å². The zero-order valence-electron chi connectivity index (χ0n) is 15.0. The minimum Gasteiger partial charge on any atom is -0.339 e. The summed E-state index contributed by atoms with van der Waals surface area (Å²) in [5, 5.41) is 8.14. The van der Waals surface area contributed by atoms with E-state index in [0.29, 0.717) is 18.3 Å². The van der Waals surface area contributed by atoms with Crippen LogP contribution in [0.3, 0.4) is 0 Å². The molecule has 4 rings (SSSR count). The molecule has 26 heavy (non-hydrogen) atoms. The number of hydrogen-bond donors (Lipinski definition) is 0. The van der Waals surface area contributed by atoms with Crippen molar-refractivity contribution in [2.45, 2.75) is 45.1 Å². The van der Waals surface area contributed by atoms with Gasteiger partial charge in [-0.15, -0.1) is 0 Å². The summed E-state index contributed by atoms with van der Waals surface area (Å²) >= 11 is 0. The number of piperidine rings is 1. The van der Waals surface area contributed by atoms with Crippen LogP contribution in [0.5, 0.6) is 0 Å². The van der Waals surface area contributed by atoms with E-state index in [4.69, 9.17) is 9.05 Å². The Labute approximate surface area is 151 Å². The minimum atomic E-state index is 0.254. The second-order valence-corrected chi connectivity index (χ2v) is 6.97. The molecule has 0 bridgehead atoms. The van der Waals surface area contributed by atoms with E-state index in [1.165, 1.54) is 0 Å². The lowest BCUT2D eigenvalue weighted by Gasteiger charge is -2.29. The van der Waals surface area contributed by atoms with Crippen LogP contribution in [0.4, 0.5) is 0 Å². The molecule has 8 nitrogen and oxygen atoms in total. The second-order valence-electron chi connectivity index (χ2n) is 6.97. The van der Waals surface area contributed by atoms with Crippen molar-refractivity contribution in [3.63, 3.8) is 0 Å². The van der Waals surface area contributed by atoms with Gasteiger partial charge in [0.05, 0.1) is 12.5 Å². The van der Waals surface area contributed by atoms with Gasteiger partial charge >= 0.3 is 0 Å². The van der Waals surface area contributed by atoms with Crippen molar-refractivity contribution >= 4 is 0 Å². The molecule has 0 aromatic carbocycles. The molecule has 0 unspecified atom stereocenters. The number of rotatable bonds is 5. The van der Waals surface area contributed by atoms with Gasteiger partial charge in [-0.05, 0) is 31.5 Å². The maximum absolute atomic E-state index is 5.48. The molecule has 1 fully saturated rings. The molecule has 8 heteroatoms. The molecular formula is C18H22N6O2. The highest BCUT2D eigenvalue weighted by Gasteiger charge is 2.27. The summed E-state index contributed by atoms with van der Waals surface area (Å²) in [6.07, 6.45) is 5.59. The monoisotopic (exact) mass is 354 g/mol. The number of aromatic nitrogens is 5. The van der Waals surface area contributed by atoms with Gasteiger partial charge in [0.25, 0.3) is 0 Å². The van der Waals surface area contributed by atoms with Gasteiger partial charge in [-0.1, -0.05) is 24.2 Å². The van der Waals surface area contributed by atoms with Crippen LogP contribution < -0.4 is 0 Å². The first kappa shape index (κ1) is 16.8. The third-order valence-electron chi connectivity index (χ3n) is 4.58. The Morgan fingerprint density at radius 1 is 1.23 bits per heavy atom. The van der Waals surface area contributed by atoms with E-state index in [9.17, 15) is 0 Å². The zero-order valence-corrected chi connectivity index (χ0v) is 15.0. The SMILES string of the molecule is CC(C)c1noc([C@H]2CCCN(Cc3nc(-c4cccnc4)no3)C2)n1. The fraction of sp³-hybridized carbons (Fsp3) is 0.500. The Morgan fingerprint density at radius 3 is 2.92 bits per heavy atom. The van der Waals surface area contributed by atoms with E-state index in [-0.39, 0.29) is 11.8 Å². The number of nitrogens with zero attached hydrogens (tertiary/aromatic N) is 6. The van der Waals surface area contributed by atoms with E-state index in [2.05, 4.69) is 44.0 Å². The molecular weight excluding hydrogens is 332 g/mol. The zero-order chi connectivity index (χ0) is 17.9. The molecule has 4 heterocycles. The van der Waals surface area contributed by atoms with Gasteiger partial charge in [0.1, 0.15) is 0 Å². The smallest absolute Gasteiger partial charge is 0.241 e. The summed E-state index contributed by atoms with van der Waals surface area (Å²) < 4.78 is 10.9. The van der Waals surface area contributed by atoms with Gasteiger partial charge in [-0.2, -0.15) is 9.97 Å². The Bertz CT molecular complexity index is 844. The summed E-state index contributed by atoms with van der Waals surface area (Å²) in [4.78, 5) is 15.4. The van der Waals surface area contributed by atoms with Crippen molar-refractivity contribution in [3.8, 4) is 11.4 Å². The van der Waals surface area contributed by atoms with E-state index in [0.717, 1.165) is 43.2 Å². The molecule has 1 atom stereocenters. The molecule has 0 amide bonds. The van der Waals surface area contributed by atoms with E-state index in [1.54, 1.807) is 12.4 Å². The summed E-state index contributed by atoms with van der Waals surface area (Å²) in [6, 6.07) is 3.77. The van der Waals surface area contributed by atoms with E-state index < -0.39 is 0 Å². The molecule has 136 valence electrons. The number of pyridine rings is 1. The predicted molar refractivity (Wildman–Crippen MR) is 93.2 cm³/mol. The fourth-order valence-corrected chi connectivity index (χ4v) is 3.17. The molecule has 0 radical (unpaired) electrons. The van der Waals surface area contributed by atoms with Gasteiger partial charge in [0.15, 0.2) is 5.82 Å². The molecule has 0 saturated carbocycles. The topological polar surface area (TPSA) is 94.0 Å². The third kappa shape index (κ3) is 3.65. The first-order chi connectivity index (χ1) is 12.7. The van der Waals surface area contributed by atoms with Gasteiger partial charge < -0.3 is 9.05 Å². The molecule has 1 aliphatic heterocycles. The average Bonchev–Trinajstić information content (AvgIpc) is 3.33. The summed E-state index contributed by atoms with van der Waals surface area (Å²) in [5.41, 5.74) is 0.853. The van der Waals surface area contributed by atoms with Crippen LogP contribution >= 0.6 is 0 Å². The largest absolute Gasteiger partial charge is 0.339 e. The lowest BCUT2D eigenvalue weighted by molar-refractivity contribution is 0.162. The highest BCUT2D eigenvalue weighted by atomic mass is 16.5. The highest BCUT2D eigenvalue weighted by Crippen LogP contribution is 2.27. The average molecular weight is 354 g/mol. The van der Waals surface area contributed by atoms with Crippen LogP contribution in [-0.2, 0) is 6.54 Å². The fourth-order valence-electron chi connectivity index (χ4n) is 3.17. The van der Waals surface area contributed by atoms with Gasteiger partial charge in [0, 0.05) is 30.4 Å². The molecule has 0 aliphatic carbocycles. The number of likely N-dealkylation sites (tertiary alicyclic amines) is 1. The molecule has 0 spiro atoms. The Balaban J connectivity index is 1.41. The van der Waals surface area contributed by atoms with E-state index in [1.807, 2.05) is 12.1 Å². The van der Waals surface area contributed by atoms with Crippen LogP contribution in [0.25, 0.3) is 11.4 Å². The first-order valence-corrected chi connectivity index (χ1v) is 8.98. The van der Waals surface area contributed by atoms with Crippen LogP contribution in [0, 0.1) is 0 Å². The predicted octanol–water partition coefficient (Wildman–Crippen LogP) is 3.02. The lowest BCUT2D eigenvalue weighted by atomic mass is 9.98. The van der Waals surface area contributed by atoms with Crippen LogP contribution in [0.1, 0.15) is 56.1 Å². The van der Waals surface area contributed by atoms with Crippen LogP contribution in [0.15, 0.2) is 33.6 Å². The Kier molecular flexibility index (Phi) is 4.75. The summed E-state index contributed by atoms with van der Waals surface area (Å²) in [6.45, 7) is 6.60. The van der Waals surface area contributed by atoms with Crippen molar-refractivity contribution < 1.29 is 9.05 Å². The van der Waals surface area contributed by atoms with Crippen molar-refractivity contribution in [3.05, 3.63) is 42.1 Å². The van der Waals surface area contributed by atoms with Crippen LogP contribution in [0.2, 0.25) is 0 Å². The lowest BCUT2D eigenvalue weighted by Crippen LogP contribution is -2.34. The van der Waals surface area contributed by atoms with Crippen molar-refractivity contribution in [2.24, 2.45) is 0 Å². The normalized spacial score (nSPS) is 18.5. The summed E-state index contributed by atoms with van der Waals surface area (Å²) in [5.74, 6) is 3.22. The molecule has 1 saturated heterocycles. The maximum atomic E-state index is 5.48. The van der Waals surface area contributed by atoms with Crippen molar-refractivity contribution in [1.82, 2.24) is 30.2 Å². The second kappa shape index (κ2) is 7.33. The molecule has 1 aliphatic rings. The number of hydrogen-bond acceptors (Lipinski definition) is 8. The van der Waals surface area contributed by atoms with Gasteiger partial charge in [-0.3, -0.25) is 9.88 Å². The van der Waals surface area contributed by atoms with Crippen LogP contribution in [-0.4, -0.2) is 43.3 Å². The first-order valence-electron chi connectivity index (χ1n) is 8.98. The molecule has 3 aromatic heterocycles. The molecule has 0 N–H and O–H groups in total. The highest BCUT2D eigenvalue weighted by molar-refractivity contribution is 5.51. The van der Waals surface area contributed by atoms with Gasteiger partial charge in [0.2, 0.25) is 17.6 Å². The molecule has 3 aromatic rings. The van der Waals surface area contributed by atoms with Crippen molar-refractivity contribution in [2.75, 3.05) is 13.1 Å². The summed E-state index contributed by atoms with van der Waals surface area (Å²) in [7, 11) is 0. The third-order valence-corrected chi connectivity index (χ3v) is 4.58. The Hall–Kier alpha value is -2.61. The van der Waals surface area contributed by atoms with Gasteiger partial charge in [-0.25, -0.2) is 0 Å². The maximum Gasteiger partial charge on any atom is 0.241 e. The quantitative estimate of drug-likeness (QED) is 0.690. The Morgan fingerprint density at radius 2 is 2.15 bits per heavy atom. The standard InChI is InChI=1S/C18H22N6O2/c1-12(2)16-21-18(26-22-16)14-6-4-8-24(10-14)11-15-20-17(23-25-15)13-5-3-7-19-9-13/h3,5,7,9,12,14H,4,6,8,10-11H2,1-2H3/t14-/m0/s1. The van der Waals surface area contributed by atoms with Crippen molar-refractivity contribution in [1.29, 1.82) is 0 Å².